The second-order valence-corrected chi connectivity index (χ2v) is 4.08. The lowest BCUT2D eigenvalue weighted by Crippen LogP contribution is -2.30. The van der Waals surface area contributed by atoms with Gasteiger partial charge in [-0.2, -0.15) is 5.10 Å². The summed E-state index contributed by atoms with van der Waals surface area (Å²) in [5.74, 6) is 0.695. The van der Waals surface area contributed by atoms with Crippen LogP contribution in [0.4, 0.5) is 10.5 Å². The molecule has 0 fully saturated rings. The number of rotatable bonds is 4. The maximum atomic E-state index is 11.8. The zero-order chi connectivity index (χ0) is 13.7. The fourth-order valence-electron chi connectivity index (χ4n) is 1.65. The summed E-state index contributed by atoms with van der Waals surface area (Å²) in [5.41, 5.74) is 1.59. The average molecular weight is 260 g/mol. The number of aromatic nitrogens is 2. The first-order chi connectivity index (χ1) is 9.19. The fourth-order valence-corrected chi connectivity index (χ4v) is 1.65. The minimum Gasteiger partial charge on any atom is -0.497 e. The molecule has 3 N–H and O–H groups in total. The number of urea groups is 1. The topological polar surface area (TPSA) is 79.0 Å². The summed E-state index contributed by atoms with van der Waals surface area (Å²) in [7, 11) is 1.58. The number of anilines is 1. The highest BCUT2D eigenvalue weighted by atomic mass is 16.5. The van der Waals surface area contributed by atoms with Crippen molar-refractivity contribution in [3.8, 4) is 5.75 Å². The number of hydrogen-bond donors (Lipinski definition) is 3. The molecule has 0 aliphatic rings. The van der Waals surface area contributed by atoms with Gasteiger partial charge >= 0.3 is 6.03 Å². The predicted octanol–water partition coefficient (Wildman–Crippen LogP) is 2.30. The Morgan fingerprint density at radius 3 is 3.00 bits per heavy atom. The van der Waals surface area contributed by atoms with E-state index in [0.29, 0.717) is 11.4 Å². The first-order valence-corrected chi connectivity index (χ1v) is 5.89. The van der Waals surface area contributed by atoms with E-state index in [4.69, 9.17) is 4.74 Å². The normalized spacial score (nSPS) is 11.7. The van der Waals surface area contributed by atoms with Crippen molar-refractivity contribution in [2.75, 3.05) is 12.4 Å². The van der Waals surface area contributed by atoms with Gasteiger partial charge in [-0.15, -0.1) is 0 Å². The molecule has 0 saturated heterocycles. The number of benzene rings is 1. The quantitative estimate of drug-likeness (QED) is 0.789. The van der Waals surface area contributed by atoms with Gasteiger partial charge in [0.05, 0.1) is 19.3 Å². The largest absolute Gasteiger partial charge is 0.497 e. The van der Waals surface area contributed by atoms with Crippen LogP contribution in [0.2, 0.25) is 0 Å². The van der Waals surface area contributed by atoms with Gasteiger partial charge < -0.3 is 15.4 Å². The van der Waals surface area contributed by atoms with Crippen LogP contribution in [-0.4, -0.2) is 23.3 Å². The highest BCUT2D eigenvalue weighted by molar-refractivity contribution is 5.89. The predicted molar refractivity (Wildman–Crippen MR) is 72.2 cm³/mol. The first kappa shape index (κ1) is 12.9. The monoisotopic (exact) mass is 260 g/mol. The van der Waals surface area contributed by atoms with Gasteiger partial charge in [0.1, 0.15) is 5.75 Å². The maximum absolute atomic E-state index is 11.8. The van der Waals surface area contributed by atoms with Gasteiger partial charge in [-0.3, -0.25) is 5.10 Å². The van der Waals surface area contributed by atoms with Crippen LogP contribution in [0, 0.1) is 0 Å². The molecule has 1 heterocycles. The summed E-state index contributed by atoms with van der Waals surface area (Å²) in [5, 5.41) is 12.1. The van der Waals surface area contributed by atoms with Crippen molar-refractivity contribution in [2.24, 2.45) is 0 Å². The van der Waals surface area contributed by atoms with Crippen LogP contribution in [0.5, 0.6) is 5.75 Å². The maximum Gasteiger partial charge on any atom is 0.319 e. The highest BCUT2D eigenvalue weighted by Crippen LogP contribution is 2.17. The third-order valence-electron chi connectivity index (χ3n) is 2.69. The van der Waals surface area contributed by atoms with Crippen LogP contribution in [-0.2, 0) is 0 Å². The molecule has 2 rings (SSSR count). The van der Waals surface area contributed by atoms with E-state index in [2.05, 4.69) is 20.8 Å². The van der Waals surface area contributed by atoms with Crippen LogP contribution < -0.4 is 15.4 Å². The van der Waals surface area contributed by atoms with Crippen molar-refractivity contribution in [2.45, 2.75) is 13.0 Å². The minimum absolute atomic E-state index is 0.121. The number of hydrogen-bond acceptors (Lipinski definition) is 3. The Labute approximate surface area is 111 Å². The molecule has 100 valence electrons. The minimum atomic E-state index is -0.276. The molecule has 1 unspecified atom stereocenters. The molecule has 19 heavy (non-hydrogen) atoms. The van der Waals surface area contributed by atoms with Crippen LogP contribution in [0.15, 0.2) is 36.7 Å². The van der Waals surface area contributed by atoms with E-state index < -0.39 is 0 Å². The standard InChI is InChI=1S/C13H16N4O2/c1-9(10-7-14-15-8-10)16-13(18)17-11-4-3-5-12(6-11)19-2/h3-9H,1-2H3,(H,14,15)(H2,16,17,18). The number of ether oxygens (including phenoxy) is 1. The average Bonchev–Trinajstić information content (AvgIpc) is 2.92. The summed E-state index contributed by atoms with van der Waals surface area (Å²) in [6, 6.07) is 6.78. The van der Waals surface area contributed by atoms with Gasteiger partial charge in [0, 0.05) is 23.5 Å². The molecule has 0 radical (unpaired) electrons. The van der Waals surface area contributed by atoms with Crippen molar-refractivity contribution in [3.63, 3.8) is 0 Å². The van der Waals surface area contributed by atoms with Gasteiger partial charge in [0.15, 0.2) is 0 Å². The van der Waals surface area contributed by atoms with Crippen LogP contribution in [0.3, 0.4) is 0 Å². The van der Waals surface area contributed by atoms with Gasteiger partial charge in [0.2, 0.25) is 0 Å². The molecule has 2 aromatic rings. The van der Waals surface area contributed by atoms with E-state index in [0.717, 1.165) is 5.56 Å². The van der Waals surface area contributed by atoms with Crippen molar-refractivity contribution >= 4 is 11.7 Å². The molecule has 1 atom stereocenters. The number of H-pyrrole nitrogens is 1. The zero-order valence-electron chi connectivity index (χ0n) is 10.8. The van der Waals surface area contributed by atoms with Crippen molar-refractivity contribution in [1.29, 1.82) is 0 Å². The molecule has 0 aliphatic heterocycles. The van der Waals surface area contributed by atoms with Crippen LogP contribution in [0.1, 0.15) is 18.5 Å². The molecular formula is C13H16N4O2. The summed E-state index contributed by atoms with van der Waals surface area (Å²) in [6.07, 6.45) is 3.42. The third-order valence-corrected chi connectivity index (χ3v) is 2.69. The molecule has 1 aromatic carbocycles. The molecule has 0 bridgehead atoms. The Hall–Kier alpha value is -2.50. The molecule has 6 nitrogen and oxygen atoms in total. The summed E-state index contributed by atoms with van der Waals surface area (Å²) in [4.78, 5) is 11.8. The Balaban J connectivity index is 1.93. The number of nitrogens with one attached hydrogen (secondary N) is 3. The lowest BCUT2D eigenvalue weighted by atomic mass is 10.2. The molecule has 0 saturated carbocycles. The fraction of sp³-hybridized carbons (Fsp3) is 0.231. The van der Waals surface area contributed by atoms with E-state index in [9.17, 15) is 4.79 Å². The van der Waals surface area contributed by atoms with Gasteiger partial charge in [-0.1, -0.05) is 6.07 Å². The van der Waals surface area contributed by atoms with Gasteiger partial charge in [-0.25, -0.2) is 4.79 Å². The van der Waals surface area contributed by atoms with Gasteiger partial charge in [0.25, 0.3) is 0 Å². The second-order valence-electron chi connectivity index (χ2n) is 4.08. The number of nitrogens with zero attached hydrogens (tertiary/aromatic N) is 1. The second kappa shape index (κ2) is 5.90. The van der Waals surface area contributed by atoms with E-state index in [-0.39, 0.29) is 12.1 Å². The Bertz CT molecular complexity index is 539. The molecule has 0 spiro atoms. The lowest BCUT2D eigenvalue weighted by Gasteiger charge is -2.13. The Morgan fingerprint density at radius 1 is 1.47 bits per heavy atom. The van der Waals surface area contributed by atoms with Crippen molar-refractivity contribution < 1.29 is 9.53 Å². The number of aromatic amines is 1. The SMILES string of the molecule is COc1cccc(NC(=O)NC(C)c2cn[nH]c2)c1. The number of methoxy groups -OCH3 is 1. The lowest BCUT2D eigenvalue weighted by molar-refractivity contribution is 0.249. The van der Waals surface area contributed by atoms with E-state index in [1.165, 1.54) is 0 Å². The number of amides is 2. The molecular weight excluding hydrogens is 244 g/mol. The summed E-state index contributed by atoms with van der Waals surface area (Å²) in [6.45, 7) is 1.88. The molecule has 2 amide bonds. The molecule has 6 heteroatoms. The highest BCUT2D eigenvalue weighted by Gasteiger charge is 2.10. The number of carbonyl (C=O) groups is 1. The summed E-state index contributed by atoms with van der Waals surface area (Å²) < 4.78 is 5.09. The van der Waals surface area contributed by atoms with Crippen LogP contribution in [0.25, 0.3) is 0 Å². The smallest absolute Gasteiger partial charge is 0.319 e. The van der Waals surface area contributed by atoms with Crippen LogP contribution >= 0.6 is 0 Å². The molecule has 0 aliphatic carbocycles. The van der Waals surface area contributed by atoms with Gasteiger partial charge in [-0.05, 0) is 19.1 Å². The van der Waals surface area contributed by atoms with E-state index in [1.54, 1.807) is 31.6 Å². The van der Waals surface area contributed by atoms with E-state index in [1.807, 2.05) is 19.1 Å². The van der Waals surface area contributed by atoms with E-state index >= 15 is 0 Å². The third kappa shape index (κ3) is 3.48. The van der Waals surface area contributed by atoms with Crippen molar-refractivity contribution in [3.05, 3.63) is 42.2 Å². The zero-order valence-corrected chi connectivity index (χ0v) is 10.8. The Kier molecular flexibility index (Phi) is 4.02. The first-order valence-electron chi connectivity index (χ1n) is 5.89. The Morgan fingerprint density at radius 2 is 2.32 bits per heavy atom. The summed E-state index contributed by atoms with van der Waals surface area (Å²) >= 11 is 0. The molecule has 1 aromatic heterocycles. The number of carbonyl (C=O) groups excluding carboxylic acids is 1. The van der Waals surface area contributed by atoms with Crippen molar-refractivity contribution in [1.82, 2.24) is 15.5 Å².